The Kier molecular flexibility index (Phi) is 7.93. The number of hydrogen-bond acceptors (Lipinski definition) is 5. The first-order chi connectivity index (χ1) is 12.5. The summed E-state index contributed by atoms with van der Waals surface area (Å²) < 4.78 is 17.3. The van der Waals surface area contributed by atoms with E-state index in [9.17, 15) is 9.59 Å². The Balaban J connectivity index is 2.98. The number of carbonyl (C=O) groups excluding carboxylic acids is 2. The first kappa shape index (κ1) is 24.7. The summed E-state index contributed by atoms with van der Waals surface area (Å²) in [6.07, 6.45) is 1.03. The van der Waals surface area contributed by atoms with Gasteiger partial charge in [0.1, 0.15) is 11.7 Å². The lowest BCUT2D eigenvalue weighted by Crippen LogP contribution is -2.48. The van der Waals surface area contributed by atoms with Gasteiger partial charge in [-0.1, -0.05) is 32.4 Å². The van der Waals surface area contributed by atoms with Crippen LogP contribution in [0.4, 0.5) is 4.79 Å². The molecule has 0 aliphatic carbocycles. The monoisotopic (exact) mass is 413 g/mol. The Bertz CT molecular complexity index is 597. The molecule has 1 rings (SSSR count). The molecule has 162 valence electrons. The van der Waals surface area contributed by atoms with Crippen LogP contribution in [0.2, 0.25) is 18.1 Å². The molecule has 2 atom stereocenters. The highest BCUT2D eigenvalue weighted by atomic mass is 28.4. The average molecular weight is 414 g/mol. The predicted octanol–water partition coefficient (Wildman–Crippen LogP) is 4.90. The molecule has 0 bridgehead atoms. The highest BCUT2D eigenvalue weighted by molar-refractivity contribution is 6.74. The zero-order chi connectivity index (χ0) is 21.9. The SMILES string of the molecule is CC(C)=CCN1C(=O)OC(CC(=O)OC(C)(C)C)C1CO[Si](C)(C)C(C)(C)C. The minimum absolute atomic E-state index is 0.0276. The summed E-state index contributed by atoms with van der Waals surface area (Å²) in [6.45, 7) is 21.1. The molecule has 1 aliphatic heterocycles. The van der Waals surface area contributed by atoms with Gasteiger partial charge < -0.3 is 13.9 Å². The molecular weight excluding hydrogens is 374 g/mol. The van der Waals surface area contributed by atoms with Gasteiger partial charge >= 0.3 is 12.1 Å². The van der Waals surface area contributed by atoms with E-state index < -0.39 is 26.1 Å². The second-order valence-corrected chi connectivity index (χ2v) is 15.1. The standard InChI is InChI=1S/C21H39NO5Si/c1-15(2)11-12-22-16(14-25-28(9,10)21(6,7)8)17(26-19(22)24)13-18(23)27-20(3,4)5/h11,16-17H,12-14H2,1-10H3. The molecular formula is C21H39NO5Si. The van der Waals surface area contributed by atoms with Crippen LogP contribution in [0.1, 0.15) is 61.8 Å². The normalized spacial score (nSPS) is 20.8. The number of nitrogens with zero attached hydrogens (tertiary/aromatic N) is 1. The summed E-state index contributed by atoms with van der Waals surface area (Å²) >= 11 is 0. The molecule has 1 amide bonds. The average Bonchev–Trinajstić information content (AvgIpc) is 2.74. The van der Waals surface area contributed by atoms with E-state index >= 15 is 0 Å². The van der Waals surface area contributed by atoms with Crippen molar-refractivity contribution in [1.82, 2.24) is 4.90 Å². The lowest BCUT2D eigenvalue weighted by Gasteiger charge is -2.38. The second-order valence-electron chi connectivity index (χ2n) is 10.3. The minimum atomic E-state index is -2.00. The van der Waals surface area contributed by atoms with E-state index in [0.717, 1.165) is 5.57 Å². The van der Waals surface area contributed by atoms with Crippen molar-refractivity contribution in [2.24, 2.45) is 0 Å². The van der Waals surface area contributed by atoms with Gasteiger partial charge in [0.25, 0.3) is 0 Å². The van der Waals surface area contributed by atoms with Gasteiger partial charge in [0.05, 0.1) is 19.1 Å². The van der Waals surface area contributed by atoms with Crippen molar-refractivity contribution in [3.05, 3.63) is 11.6 Å². The number of amides is 1. The summed E-state index contributed by atoms with van der Waals surface area (Å²) in [5.41, 5.74) is 0.543. The number of carbonyl (C=O) groups is 2. The Morgan fingerprint density at radius 3 is 2.21 bits per heavy atom. The number of cyclic esters (lactones) is 1. The fourth-order valence-corrected chi connectivity index (χ4v) is 3.56. The molecule has 0 spiro atoms. The number of ether oxygens (including phenoxy) is 2. The fourth-order valence-electron chi connectivity index (χ4n) is 2.54. The van der Waals surface area contributed by atoms with Crippen LogP contribution in [0.15, 0.2) is 11.6 Å². The van der Waals surface area contributed by atoms with Crippen LogP contribution in [-0.4, -0.2) is 56.2 Å². The molecule has 6 nitrogen and oxygen atoms in total. The summed E-state index contributed by atoms with van der Waals surface area (Å²) in [5, 5.41) is 0.0574. The molecule has 28 heavy (non-hydrogen) atoms. The lowest BCUT2D eigenvalue weighted by molar-refractivity contribution is -0.157. The third kappa shape index (κ3) is 7.24. The van der Waals surface area contributed by atoms with E-state index in [2.05, 4.69) is 33.9 Å². The van der Waals surface area contributed by atoms with Crippen molar-refractivity contribution in [2.75, 3.05) is 13.2 Å². The Morgan fingerprint density at radius 1 is 1.18 bits per heavy atom. The summed E-state index contributed by atoms with van der Waals surface area (Å²) in [5.74, 6) is -0.369. The molecule has 1 saturated heterocycles. The van der Waals surface area contributed by atoms with Gasteiger partial charge in [-0.25, -0.2) is 4.79 Å². The maximum atomic E-state index is 12.5. The van der Waals surface area contributed by atoms with E-state index in [-0.39, 0.29) is 23.5 Å². The van der Waals surface area contributed by atoms with Crippen molar-refractivity contribution < 1.29 is 23.5 Å². The van der Waals surface area contributed by atoms with Gasteiger partial charge in [0.15, 0.2) is 8.32 Å². The zero-order valence-corrected chi connectivity index (χ0v) is 20.3. The summed E-state index contributed by atoms with van der Waals surface area (Å²) in [6, 6.07) is -0.315. The van der Waals surface area contributed by atoms with E-state index in [1.54, 1.807) is 4.90 Å². The summed E-state index contributed by atoms with van der Waals surface area (Å²) in [7, 11) is -2.00. The van der Waals surface area contributed by atoms with E-state index in [0.29, 0.717) is 13.2 Å². The van der Waals surface area contributed by atoms with Gasteiger partial charge in [0.2, 0.25) is 0 Å². The maximum Gasteiger partial charge on any atom is 0.410 e. The van der Waals surface area contributed by atoms with Crippen LogP contribution in [-0.2, 0) is 18.7 Å². The van der Waals surface area contributed by atoms with Crippen LogP contribution < -0.4 is 0 Å². The van der Waals surface area contributed by atoms with Crippen molar-refractivity contribution >= 4 is 20.4 Å². The molecule has 7 heteroatoms. The lowest BCUT2D eigenvalue weighted by atomic mass is 10.1. The number of hydrogen-bond donors (Lipinski definition) is 0. The van der Waals surface area contributed by atoms with Gasteiger partial charge in [-0.05, 0) is 52.8 Å². The molecule has 0 N–H and O–H groups in total. The third-order valence-corrected chi connectivity index (χ3v) is 9.72. The second kappa shape index (κ2) is 8.99. The molecule has 0 aromatic rings. The number of rotatable bonds is 7. The number of esters is 1. The van der Waals surface area contributed by atoms with E-state index in [4.69, 9.17) is 13.9 Å². The quantitative estimate of drug-likeness (QED) is 0.337. The third-order valence-electron chi connectivity index (χ3n) is 5.22. The van der Waals surface area contributed by atoms with Gasteiger partial charge in [-0.15, -0.1) is 0 Å². The van der Waals surface area contributed by atoms with Crippen LogP contribution in [0.5, 0.6) is 0 Å². The van der Waals surface area contributed by atoms with E-state index in [1.807, 2.05) is 40.7 Å². The van der Waals surface area contributed by atoms with Crippen molar-refractivity contribution in [1.29, 1.82) is 0 Å². The van der Waals surface area contributed by atoms with Gasteiger partial charge in [-0.3, -0.25) is 9.69 Å². The molecule has 2 unspecified atom stereocenters. The highest BCUT2D eigenvalue weighted by Crippen LogP contribution is 2.37. The van der Waals surface area contributed by atoms with Gasteiger partial charge in [-0.2, -0.15) is 0 Å². The van der Waals surface area contributed by atoms with Crippen LogP contribution in [0, 0.1) is 0 Å². The first-order valence-electron chi connectivity index (χ1n) is 10.00. The zero-order valence-electron chi connectivity index (χ0n) is 19.3. The Hall–Kier alpha value is -1.34. The molecule has 1 aliphatic rings. The largest absolute Gasteiger partial charge is 0.460 e. The molecule has 1 fully saturated rings. The first-order valence-corrected chi connectivity index (χ1v) is 12.9. The molecule has 0 saturated carbocycles. The van der Waals surface area contributed by atoms with Crippen LogP contribution >= 0.6 is 0 Å². The van der Waals surface area contributed by atoms with Crippen LogP contribution in [0.3, 0.4) is 0 Å². The summed E-state index contributed by atoms with van der Waals surface area (Å²) in [4.78, 5) is 26.5. The van der Waals surface area contributed by atoms with Crippen molar-refractivity contribution in [3.8, 4) is 0 Å². The van der Waals surface area contributed by atoms with Crippen LogP contribution in [0.25, 0.3) is 0 Å². The highest BCUT2D eigenvalue weighted by Gasteiger charge is 2.45. The van der Waals surface area contributed by atoms with E-state index in [1.165, 1.54) is 0 Å². The number of allylic oxidation sites excluding steroid dienone is 1. The molecule has 0 radical (unpaired) electrons. The smallest absolute Gasteiger partial charge is 0.410 e. The minimum Gasteiger partial charge on any atom is -0.460 e. The molecule has 1 heterocycles. The maximum absolute atomic E-state index is 12.5. The van der Waals surface area contributed by atoms with Crippen molar-refractivity contribution in [3.63, 3.8) is 0 Å². The molecule has 0 aromatic heterocycles. The fraction of sp³-hybridized carbons (Fsp3) is 0.810. The Morgan fingerprint density at radius 2 is 1.75 bits per heavy atom. The topological polar surface area (TPSA) is 65.1 Å². The Labute approximate surface area is 171 Å². The molecule has 0 aromatic carbocycles. The van der Waals surface area contributed by atoms with Crippen molar-refractivity contribution in [2.45, 2.75) is 97.7 Å². The van der Waals surface area contributed by atoms with Gasteiger partial charge in [0, 0.05) is 6.54 Å². The predicted molar refractivity (Wildman–Crippen MR) is 114 cm³/mol.